The van der Waals surface area contributed by atoms with Gasteiger partial charge in [-0.3, -0.25) is 0 Å². The molecule has 19 heavy (non-hydrogen) atoms. The average Bonchev–Trinajstić information content (AvgIpc) is 2.82. The third kappa shape index (κ3) is 2.50. The summed E-state index contributed by atoms with van der Waals surface area (Å²) in [6, 6.07) is 14.0. The minimum atomic E-state index is -0.612. The Morgan fingerprint density at radius 3 is 2.58 bits per heavy atom. The van der Waals surface area contributed by atoms with Gasteiger partial charge < -0.3 is 5.11 Å². The van der Waals surface area contributed by atoms with E-state index in [1.165, 1.54) is 4.70 Å². The lowest BCUT2D eigenvalue weighted by molar-refractivity contribution is 0.221. The van der Waals surface area contributed by atoms with E-state index in [1.807, 2.05) is 35.7 Å². The second kappa shape index (κ2) is 5.37. The predicted octanol–water partition coefficient (Wildman–Crippen LogP) is 5.51. The minimum Gasteiger partial charge on any atom is -0.384 e. The van der Waals surface area contributed by atoms with Crippen LogP contribution < -0.4 is 0 Å². The lowest BCUT2D eigenvalue weighted by Gasteiger charge is -2.12. The molecule has 1 aromatic heterocycles. The Balaban J connectivity index is 2.10. The number of aliphatic hydroxyl groups is 1. The molecular weight excluding hydrogens is 388 g/mol. The molecule has 1 unspecified atom stereocenters. The van der Waals surface area contributed by atoms with Crippen LogP contribution in [0.25, 0.3) is 10.1 Å². The first-order chi connectivity index (χ1) is 9.16. The zero-order chi connectivity index (χ0) is 13.4. The molecule has 1 heterocycles. The molecule has 4 heteroatoms. The summed E-state index contributed by atoms with van der Waals surface area (Å²) in [5.74, 6) is 0. The van der Waals surface area contributed by atoms with Crippen molar-refractivity contribution in [3.8, 4) is 0 Å². The van der Waals surface area contributed by atoms with Gasteiger partial charge in [-0.15, -0.1) is 11.3 Å². The molecule has 2 aromatic carbocycles. The van der Waals surface area contributed by atoms with Crippen molar-refractivity contribution in [1.29, 1.82) is 0 Å². The van der Waals surface area contributed by atoms with Crippen molar-refractivity contribution in [2.75, 3.05) is 0 Å². The lowest BCUT2D eigenvalue weighted by atomic mass is 10.0. The SMILES string of the molecule is OC(c1ccc(Br)cc1Br)c1csc2ccccc12. The quantitative estimate of drug-likeness (QED) is 0.604. The fourth-order valence-corrected chi connectivity index (χ4v) is 4.34. The Labute approximate surface area is 132 Å². The highest BCUT2D eigenvalue weighted by Gasteiger charge is 2.17. The monoisotopic (exact) mass is 396 g/mol. The second-order valence-corrected chi connectivity index (χ2v) is 6.94. The van der Waals surface area contributed by atoms with Gasteiger partial charge in [-0.1, -0.05) is 56.1 Å². The second-order valence-electron chi connectivity index (χ2n) is 4.26. The number of fused-ring (bicyclic) bond motifs is 1. The molecule has 3 rings (SSSR count). The summed E-state index contributed by atoms with van der Waals surface area (Å²) in [5.41, 5.74) is 1.84. The van der Waals surface area contributed by atoms with E-state index >= 15 is 0 Å². The molecule has 1 atom stereocenters. The number of aliphatic hydroxyl groups excluding tert-OH is 1. The van der Waals surface area contributed by atoms with Crippen molar-refractivity contribution in [3.05, 3.63) is 67.9 Å². The standard InChI is InChI=1S/C15H10Br2OS/c16-9-5-6-11(13(17)7-9)15(18)12-8-19-14-4-2-1-3-10(12)14/h1-8,15,18H. The van der Waals surface area contributed by atoms with Crippen LogP contribution in [-0.4, -0.2) is 5.11 Å². The van der Waals surface area contributed by atoms with E-state index in [0.29, 0.717) is 0 Å². The number of halogens is 2. The van der Waals surface area contributed by atoms with Crippen LogP contribution in [0.2, 0.25) is 0 Å². The van der Waals surface area contributed by atoms with Gasteiger partial charge in [0.1, 0.15) is 6.10 Å². The van der Waals surface area contributed by atoms with Crippen molar-refractivity contribution in [2.45, 2.75) is 6.10 Å². The Morgan fingerprint density at radius 1 is 1.00 bits per heavy atom. The molecule has 0 aliphatic rings. The Morgan fingerprint density at radius 2 is 1.79 bits per heavy atom. The fourth-order valence-electron chi connectivity index (χ4n) is 2.10. The largest absolute Gasteiger partial charge is 0.384 e. The molecule has 0 fully saturated rings. The van der Waals surface area contributed by atoms with Crippen LogP contribution >= 0.6 is 43.2 Å². The van der Waals surface area contributed by atoms with Crippen molar-refractivity contribution < 1.29 is 5.11 Å². The number of hydrogen-bond donors (Lipinski definition) is 1. The van der Waals surface area contributed by atoms with E-state index in [1.54, 1.807) is 11.3 Å². The molecule has 1 nitrogen and oxygen atoms in total. The molecule has 0 bridgehead atoms. The van der Waals surface area contributed by atoms with E-state index in [0.717, 1.165) is 25.5 Å². The highest BCUT2D eigenvalue weighted by atomic mass is 79.9. The molecule has 0 saturated carbocycles. The Bertz CT molecular complexity index is 736. The number of hydrogen-bond acceptors (Lipinski definition) is 2. The van der Waals surface area contributed by atoms with Crippen molar-refractivity contribution >= 4 is 53.3 Å². The third-order valence-corrected chi connectivity index (χ3v) is 5.22. The Kier molecular flexibility index (Phi) is 3.76. The van der Waals surface area contributed by atoms with Crippen LogP contribution in [0.4, 0.5) is 0 Å². The minimum absolute atomic E-state index is 0.612. The molecule has 0 radical (unpaired) electrons. The first-order valence-electron chi connectivity index (χ1n) is 5.76. The van der Waals surface area contributed by atoms with Crippen LogP contribution in [0.5, 0.6) is 0 Å². The van der Waals surface area contributed by atoms with E-state index in [4.69, 9.17) is 0 Å². The van der Waals surface area contributed by atoms with Crippen LogP contribution in [-0.2, 0) is 0 Å². The van der Waals surface area contributed by atoms with Crippen LogP contribution in [0.15, 0.2) is 56.8 Å². The highest BCUT2D eigenvalue weighted by Crippen LogP contribution is 2.36. The molecule has 0 spiro atoms. The van der Waals surface area contributed by atoms with Gasteiger partial charge in [0.05, 0.1) is 0 Å². The zero-order valence-corrected chi connectivity index (χ0v) is 13.8. The van der Waals surface area contributed by atoms with Crippen LogP contribution in [0.1, 0.15) is 17.2 Å². The van der Waals surface area contributed by atoms with Gasteiger partial charge >= 0.3 is 0 Å². The fraction of sp³-hybridized carbons (Fsp3) is 0.0667. The lowest BCUT2D eigenvalue weighted by Crippen LogP contribution is -1.99. The van der Waals surface area contributed by atoms with Crippen molar-refractivity contribution in [2.24, 2.45) is 0 Å². The molecular formula is C15H10Br2OS. The van der Waals surface area contributed by atoms with E-state index in [9.17, 15) is 5.11 Å². The van der Waals surface area contributed by atoms with Gasteiger partial charge in [0.2, 0.25) is 0 Å². The summed E-state index contributed by atoms with van der Waals surface area (Å²) in [5, 5.41) is 13.8. The summed E-state index contributed by atoms with van der Waals surface area (Å²) in [7, 11) is 0. The first kappa shape index (κ1) is 13.3. The maximum absolute atomic E-state index is 10.6. The van der Waals surface area contributed by atoms with Gasteiger partial charge in [0, 0.05) is 19.2 Å². The van der Waals surface area contributed by atoms with Crippen molar-refractivity contribution in [3.63, 3.8) is 0 Å². The molecule has 0 aliphatic heterocycles. The summed E-state index contributed by atoms with van der Waals surface area (Å²) < 4.78 is 3.10. The zero-order valence-electron chi connectivity index (χ0n) is 9.81. The summed E-state index contributed by atoms with van der Waals surface area (Å²) in [6.45, 7) is 0. The topological polar surface area (TPSA) is 20.2 Å². The molecule has 0 aliphatic carbocycles. The number of thiophene rings is 1. The van der Waals surface area contributed by atoms with Crippen LogP contribution in [0.3, 0.4) is 0 Å². The normalized spacial score (nSPS) is 12.8. The maximum atomic E-state index is 10.6. The maximum Gasteiger partial charge on any atom is 0.107 e. The predicted molar refractivity (Wildman–Crippen MR) is 87.7 cm³/mol. The smallest absolute Gasteiger partial charge is 0.107 e. The van der Waals surface area contributed by atoms with Crippen molar-refractivity contribution in [1.82, 2.24) is 0 Å². The first-order valence-corrected chi connectivity index (χ1v) is 8.22. The van der Waals surface area contributed by atoms with Gasteiger partial charge in [-0.25, -0.2) is 0 Å². The molecule has 0 saturated heterocycles. The van der Waals surface area contributed by atoms with E-state index < -0.39 is 6.10 Å². The molecule has 96 valence electrons. The van der Waals surface area contributed by atoms with E-state index in [-0.39, 0.29) is 0 Å². The molecule has 1 N–H and O–H groups in total. The third-order valence-electron chi connectivity index (χ3n) is 3.06. The van der Waals surface area contributed by atoms with Gasteiger partial charge in [-0.2, -0.15) is 0 Å². The summed E-state index contributed by atoms with van der Waals surface area (Å²) in [6.07, 6.45) is -0.612. The highest BCUT2D eigenvalue weighted by molar-refractivity contribution is 9.11. The van der Waals surface area contributed by atoms with E-state index in [2.05, 4.69) is 44.0 Å². The molecule has 0 amide bonds. The van der Waals surface area contributed by atoms with Gasteiger partial charge in [0.15, 0.2) is 0 Å². The average molecular weight is 398 g/mol. The summed E-state index contributed by atoms with van der Waals surface area (Å²) in [4.78, 5) is 0. The van der Waals surface area contributed by atoms with Gasteiger partial charge in [0.25, 0.3) is 0 Å². The Hall–Kier alpha value is -0.680. The number of benzene rings is 2. The number of rotatable bonds is 2. The summed E-state index contributed by atoms with van der Waals surface area (Å²) >= 11 is 8.60. The van der Waals surface area contributed by atoms with Gasteiger partial charge in [-0.05, 0) is 34.5 Å². The molecule has 3 aromatic rings. The van der Waals surface area contributed by atoms with Crippen LogP contribution in [0, 0.1) is 0 Å².